The molecule has 0 spiro atoms. The van der Waals surface area contributed by atoms with Crippen molar-refractivity contribution in [2.75, 3.05) is 42.3 Å². The molecule has 0 bridgehead atoms. The number of nitrogens with one attached hydrogen (secondary N) is 2. The molecule has 2 heterocycles. The molecule has 27 heavy (non-hydrogen) atoms. The lowest BCUT2D eigenvalue weighted by Gasteiger charge is -2.28. The van der Waals surface area contributed by atoms with Crippen LogP contribution in [0.1, 0.15) is 0 Å². The van der Waals surface area contributed by atoms with E-state index < -0.39 is 0 Å². The van der Waals surface area contributed by atoms with Gasteiger partial charge in [-0.1, -0.05) is 12.1 Å². The third-order valence-electron chi connectivity index (χ3n) is 4.68. The summed E-state index contributed by atoms with van der Waals surface area (Å²) in [4.78, 5) is 18.0. The van der Waals surface area contributed by atoms with Crippen LogP contribution in [0.25, 0.3) is 11.0 Å². The number of fused-ring (bicyclic) bond motifs is 1. The van der Waals surface area contributed by atoms with Gasteiger partial charge in [0, 0.05) is 24.5 Å². The second-order valence-corrected chi connectivity index (χ2v) is 7.45. The van der Waals surface area contributed by atoms with Crippen LogP contribution in [0.2, 0.25) is 0 Å². The molecule has 1 amide bonds. The average molecular weight is 383 g/mol. The monoisotopic (exact) mass is 383 g/mol. The summed E-state index contributed by atoms with van der Waals surface area (Å²) < 4.78 is 7.46. The summed E-state index contributed by atoms with van der Waals surface area (Å²) in [5, 5.41) is 3.94. The number of hydrogen-bond acceptors (Lipinski definition) is 4. The van der Waals surface area contributed by atoms with Crippen LogP contribution in [0.15, 0.2) is 53.7 Å². The molecule has 0 saturated carbocycles. The third-order valence-corrected chi connectivity index (χ3v) is 5.73. The molecular formula is C20H23N4O2S+. The number of aromatic amines is 1. The van der Waals surface area contributed by atoms with Gasteiger partial charge in [-0.2, -0.15) is 0 Å². The van der Waals surface area contributed by atoms with Gasteiger partial charge in [0.2, 0.25) is 5.91 Å². The summed E-state index contributed by atoms with van der Waals surface area (Å²) in [5.41, 5.74) is 4.18. The Hall–Kier alpha value is -2.51. The highest BCUT2D eigenvalue weighted by molar-refractivity contribution is 7.99. The maximum absolute atomic E-state index is 12.3. The van der Waals surface area contributed by atoms with Crippen LogP contribution in [0.5, 0.6) is 0 Å². The molecule has 1 aliphatic heterocycles. The van der Waals surface area contributed by atoms with Gasteiger partial charge >= 0.3 is 5.16 Å². The number of rotatable bonds is 5. The number of amides is 1. The lowest BCUT2D eigenvalue weighted by Crippen LogP contribution is -2.36. The lowest BCUT2D eigenvalue weighted by atomic mass is 10.2. The summed E-state index contributed by atoms with van der Waals surface area (Å²) in [7, 11) is 2.00. The summed E-state index contributed by atoms with van der Waals surface area (Å²) >= 11 is 1.50. The number of hydrogen-bond donors (Lipinski definition) is 2. The number of anilines is 2. The van der Waals surface area contributed by atoms with Gasteiger partial charge in [-0.3, -0.25) is 4.79 Å². The molecule has 7 heteroatoms. The minimum absolute atomic E-state index is 0.0159. The molecule has 1 aliphatic rings. The van der Waals surface area contributed by atoms with Crippen molar-refractivity contribution in [1.29, 1.82) is 0 Å². The number of thioether (sulfide) groups is 1. The maximum atomic E-state index is 12.3. The Kier molecular flexibility index (Phi) is 5.31. The van der Waals surface area contributed by atoms with Gasteiger partial charge in [0.05, 0.1) is 26.0 Å². The van der Waals surface area contributed by atoms with Gasteiger partial charge in [0.25, 0.3) is 0 Å². The van der Waals surface area contributed by atoms with E-state index >= 15 is 0 Å². The molecule has 0 radical (unpaired) electrons. The SMILES string of the molecule is C[n+]1c(SCC(=O)Nc2ccc(N3CCOCC3)cc2)[nH]c2ccccc21. The first-order valence-electron chi connectivity index (χ1n) is 9.03. The summed E-state index contributed by atoms with van der Waals surface area (Å²) in [6.45, 7) is 3.34. The number of carbonyl (C=O) groups is 1. The Labute approximate surface area is 162 Å². The van der Waals surface area contributed by atoms with Gasteiger partial charge < -0.3 is 15.0 Å². The van der Waals surface area contributed by atoms with Crippen LogP contribution in [0, 0.1) is 0 Å². The van der Waals surface area contributed by atoms with Gasteiger partial charge in [-0.05, 0) is 48.2 Å². The Morgan fingerprint density at radius 3 is 2.67 bits per heavy atom. The summed E-state index contributed by atoms with van der Waals surface area (Å²) in [5.74, 6) is 0.337. The number of carbonyl (C=O) groups excluding carboxylic acids is 1. The fourth-order valence-electron chi connectivity index (χ4n) is 3.22. The normalized spacial score (nSPS) is 14.5. The van der Waals surface area contributed by atoms with E-state index in [2.05, 4.69) is 25.8 Å². The minimum Gasteiger partial charge on any atom is -0.378 e. The van der Waals surface area contributed by atoms with Crippen molar-refractivity contribution in [3.63, 3.8) is 0 Å². The summed E-state index contributed by atoms with van der Waals surface area (Å²) in [6.07, 6.45) is 0. The molecular weight excluding hydrogens is 360 g/mol. The van der Waals surface area contributed by atoms with Crippen molar-refractivity contribution in [2.24, 2.45) is 7.05 Å². The largest absolute Gasteiger partial charge is 0.378 e. The van der Waals surface area contributed by atoms with Crippen molar-refractivity contribution in [3.8, 4) is 0 Å². The van der Waals surface area contributed by atoms with Crippen LogP contribution in [0.4, 0.5) is 11.4 Å². The standard InChI is InChI=1S/C20H22N4O2S/c1-23-18-5-3-2-4-17(18)22-20(23)27-14-19(25)21-15-6-8-16(9-7-15)24-10-12-26-13-11-24/h2-9H,10-14H2,1H3,(H,21,25)/p+1. The first kappa shape index (κ1) is 17.9. The van der Waals surface area contributed by atoms with E-state index in [-0.39, 0.29) is 5.91 Å². The first-order valence-corrected chi connectivity index (χ1v) is 10.0. The van der Waals surface area contributed by atoms with Gasteiger partial charge in [0.1, 0.15) is 0 Å². The number of H-pyrrole nitrogens is 1. The van der Waals surface area contributed by atoms with Crippen LogP contribution < -0.4 is 14.8 Å². The van der Waals surface area contributed by atoms with Gasteiger partial charge in [-0.15, -0.1) is 0 Å². The number of para-hydroxylation sites is 2. The number of benzene rings is 2. The van der Waals surface area contributed by atoms with Crippen LogP contribution in [0.3, 0.4) is 0 Å². The zero-order valence-corrected chi connectivity index (χ0v) is 16.1. The molecule has 3 aromatic rings. The molecule has 1 aromatic heterocycles. The molecule has 0 aliphatic carbocycles. The highest BCUT2D eigenvalue weighted by atomic mass is 32.2. The topological polar surface area (TPSA) is 61.2 Å². The molecule has 1 saturated heterocycles. The number of nitrogens with zero attached hydrogens (tertiary/aromatic N) is 2. The van der Waals surface area contributed by atoms with E-state index in [4.69, 9.17) is 4.74 Å². The predicted octanol–water partition coefficient (Wildman–Crippen LogP) is 2.56. The molecule has 2 N–H and O–H groups in total. The lowest BCUT2D eigenvalue weighted by molar-refractivity contribution is -0.683. The Morgan fingerprint density at radius 1 is 1.19 bits per heavy atom. The zero-order chi connectivity index (χ0) is 18.6. The van der Waals surface area contributed by atoms with Crippen molar-refractivity contribution < 1.29 is 14.1 Å². The van der Waals surface area contributed by atoms with E-state index in [1.54, 1.807) is 0 Å². The fourth-order valence-corrected chi connectivity index (χ4v) is 4.04. The zero-order valence-electron chi connectivity index (χ0n) is 15.3. The molecule has 1 fully saturated rings. The third kappa shape index (κ3) is 4.09. The molecule has 4 rings (SSSR count). The molecule has 6 nitrogen and oxygen atoms in total. The van der Waals surface area contributed by atoms with Crippen molar-refractivity contribution in [2.45, 2.75) is 5.16 Å². The highest BCUT2D eigenvalue weighted by Crippen LogP contribution is 2.20. The van der Waals surface area contributed by atoms with E-state index in [1.807, 2.05) is 49.5 Å². The second kappa shape index (κ2) is 8.02. The van der Waals surface area contributed by atoms with E-state index in [0.29, 0.717) is 5.75 Å². The number of aryl methyl sites for hydroxylation is 1. The second-order valence-electron chi connectivity index (χ2n) is 6.49. The van der Waals surface area contributed by atoms with E-state index in [1.165, 1.54) is 11.8 Å². The Bertz CT molecular complexity index is 933. The molecule has 2 aromatic carbocycles. The number of imidazole rings is 1. The van der Waals surface area contributed by atoms with Gasteiger partial charge in [-0.25, -0.2) is 9.55 Å². The number of morpholine rings is 1. The van der Waals surface area contributed by atoms with Crippen molar-refractivity contribution in [1.82, 2.24) is 4.98 Å². The highest BCUT2D eigenvalue weighted by Gasteiger charge is 2.17. The molecule has 0 unspecified atom stereocenters. The molecule has 140 valence electrons. The van der Waals surface area contributed by atoms with Crippen LogP contribution in [-0.2, 0) is 16.6 Å². The fraction of sp³-hybridized carbons (Fsp3) is 0.300. The smallest absolute Gasteiger partial charge is 0.317 e. The Balaban J connectivity index is 1.34. The number of ether oxygens (including phenoxy) is 1. The first-order chi connectivity index (χ1) is 13.2. The maximum Gasteiger partial charge on any atom is 0.317 e. The van der Waals surface area contributed by atoms with E-state index in [9.17, 15) is 4.79 Å². The minimum atomic E-state index is -0.0159. The van der Waals surface area contributed by atoms with Crippen molar-refractivity contribution in [3.05, 3.63) is 48.5 Å². The average Bonchev–Trinajstić information content (AvgIpc) is 3.04. The Morgan fingerprint density at radius 2 is 1.93 bits per heavy atom. The van der Waals surface area contributed by atoms with Crippen molar-refractivity contribution >= 4 is 40.1 Å². The predicted molar refractivity (Wildman–Crippen MR) is 108 cm³/mol. The summed E-state index contributed by atoms with van der Waals surface area (Å²) in [6, 6.07) is 16.1. The quantitative estimate of drug-likeness (QED) is 0.525. The van der Waals surface area contributed by atoms with Crippen LogP contribution in [-0.4, -0.2) is 42.9 Å². The van der Waals surface area contributed by atoms with Gasteiger partial charge in [0.15, 0.2) is 11.0 Å². The van der Waals surface area contributed by atoms with E-state index in [0.717, 1.165) is 53.9 Å². The number of aromatic nitrogens is 2. The van der Waals surface area contributed by atoms with Crippen LogP contribution >= 0.6 is 11.8 Å². The molecule has 0 atom stereocenters.